The Kier molecular flexibility index (Phi) is 12.8. The molecule has 0 amide bonds. The first-order valence-corrected chi connectivity index (χ1v) is 9.91. The highest BCUT2D eigenvalue weighted by Crippen LogP contribution is 2.20. The third-order valence-electron chi connectivity index (χ3n) is 4.44. The normalized spacial score (nSPS) is 15.5. The summed E-state index contributed by atoms with van der Waals surface area (Å²) in [6.07, 6.45) is 1.97. The lowest BCUT2D eigenvalue weighted by atomic mass is 10.2. The van der Waals surface area contributed by atoms with E-state index in [9.17, 15) is 0 Å². The summed E-state index contributed by atoms with van der Waals surface area (Å²) >= 11 is 6.09. The lowest BCUT2D eigenvalue weighted by Gasteiger charge is -2.36. The van der Waals surface area contributed by atoms with Crippen molar-refractivity contribution in [2.75, 3.05) is 63.9 Å². The highest BCUT2D eigenvalue weighted by atomic mass is 127. The Morgan fingerprint density at radius 2 is 2.04 bits per heavy atom. The monoisotopic (exact) mass is 509 g/mol. The van der Waals surface area contributed by atoms with Crippen molar-refractivity contribution < 1.29 is 4.74 Å². The van der Waals surface area contributed by atoms with Gasteiger partial charge in [0.15, 0.2) is 5.96 Å². The smallest absolute Gasteiger partial charge is 0.188 e. The van der Waals surface area contributed by atoms with Crippen molar-refractivity contribution >= 4 is 47.2 Å². The molecule has 0 radical (unpaired) electrons. The van der Waals surface area contributed by atoms with Gasteiger partial charge in [0, 0.05) is 63.2 Å². The summed E-state index contributed by atoms with van der Waals surface area (Å²) in [5, 5.41) is 3.99. The number of guanidine groups is 1. The van der Waals surface area contributed by atoms with Gasteiger partial charge < -0.3 is 20.7 Å². The molecule has 0 saturated carbocycles. The van der Waals surface area contributed by atoms with Gasteiger partial charge in [-0.15, -0.1) is 24.0 Å². The van der Waals surface area contributed by atoms with Crippen LogP contribution >= 0.6 is 35.6 Å². The van der Waals surface area contributed by atoms with Crippen molar-refractivity contribution in [3.05, 3.63) is 29.3 Å². The molecule has 0 bridgehead atoms. The minimum atomic E-state index is 0. The molecular weight excluding hydrogens is 477 g/mol. The molecule has 1 aliphatic heterocycles. The van der Waals surface area contributed by atoms with E-state index in [2.05, 4.69) is 26.2 Å². The van der Waals surface area contributed by atoms with E-state index in [-0.39, 0.29) is 24.0 Å². The maximum atomic E-state index is 6.09. The van der Waals surface area contributed by atoms with E-state index in [4.69, 9.17) is 22.1 Å². The van der Waals surface area contributed by atoms with Gasteiger partial charge in [0.05, 0.1) is 0 Å². The molecule has 154 valence electrons. The van der Waals surface area contributed by atoms with Crippen LogP contribution in [0.4, 0.5) is 5.69 Å². The molecule has 1 heterocycles. The number of ether oxygens (including phenoxy) is 1. The zero-order chi connectivity index (χ0) is 18.6. The van der Waals surface area contributed by atoms with Crippen LogP contribution in [0.2, 0.25) is 5.02 Å². The number of halogens is 2. The molecule has 27 heavy (non-hydrogen) atoms. The number of hydrogen-bond acceptors (Lipinski definition) is 4. The lowest BCUT2D eigenvalue weighted by molar-refractivity contribution is 0.146. The molecule has 1 aromatic carbocycles. The fraction of sp³-hybridized carbons (Fsp3) is 0.632. The number of piperazine rings is 1. The van der Waals surface area contributed by atoms with Crippen molar-refractivity contribution in [1.82, 2.24) is 10.2 Å². The third kappa shape index (κ3) is 9.82. The second-order valence-electron chi connectivity index (χ2n) is 6.41. The molecule has 0 unspecified atom stereocenters. The molecule has 3 N–H and O–H groups in total. The Hall–Kier alpha value is -0.770. The van der Waals surface area contributed by atoms with Gasteiger partial charge in [0.2, 0.25) is 0 Å². The second-order valence-corrected chi connectivity index (χ2v) is 6.84. The van der Waals surface area contributed by atoms with Gasteiger partial charge in [0.1, 0.15) is 0 Å². The number of nitrogens with zero attached hydrogens (tertiary/aromatic N) is 3. The van der Waals surface area contributed by atoms with Crippen molar-refractivity contribution in [2.45, 2.75) is 19.8 Å². The Labute approximate surface area is 185 Å². The number of anilines is 1. The van der Waals surface area contributed by atoms with Gasteiger partial charge in [-0.2, -0.15) is 0 Å². The van der Waals surface area contributed by atoms with Crippen molar-refractivity contribution in [3.8, 4) is 0 Å². The average molecular weight is 510 g/mol. The van der Waals surface area contributed by atoms with Gasteiger partial charge >= 0.3 is 0 Å². The Bertz CT molecular complexity index is 553. The van der Waals surface area contributed by atoms with Gasteiger partial charge in [-0.1, -0.05) is 17.7 Å². The predicted molar refractivity (Wildman–Crippen MR) is 126 cm³/mol. The van der Waals surface area contributed by atoms with Crippen molar-refractivity contribution in [3.63, 3.8) is 0 Å². The van der Waals surface area contributed by atoms with Crippen molar-refractivity contribution in [1.29, 1.82) is 0 Å². The summed E-state index contributed by atoms with van der Waals surface area (Å²) in [6.45, 7) is 10.4. The van der Waals surface area contributed by atoms with Crippen LogP contribution in [-0.2, 0) is 4.74 Å². The molecule has 0 aromatic heterocycles. The molecule has 0 atom stereocenters. The largest absolute Gasteiger partial charge is 0.382 e. The zero-order valence-electron chi connectivity index (χ0n) is 16.2. The standard InChI is InChI=1S/C19H32ClN5O.HI/c1-2-26-15-5-9-23-19(21)22-8-4-10-24-11-13-25(14-12-24)18-7-3-6-17(20)16-18;/h3,6-7,16H,2,4-5,8-15H2,1H3,(H3,21,22,23);1H. The van der Waals surface area contributed by atoms with Crippen LogP contribution < -0.4 is 16.0 Å². The molecule has 6 nitrogen and oxygen atoms in total. The molecule has 0 spiro atoms. The quantitative estimate of drug-likeness (QED) is 0.220. The molecular formula is C19H33ClIN5O. The minimum absolute atomic E-state index is 0. The molecule has 1 aromatic rings. The van der Waals surface area contributed by atoms with Crippen LogP contribution in [0.3, 0.4) is 0 Å². The van der Waals surface area contributed by atoms with E-state index in [0.717, 1.165) is 70.3 Å². The second kappa shape index (κ2) is 14.3. The molecule has 1 fully saturated rings. The predicted octanol–water partition coefficient (Wildman–Crippen LogP) is 2.80. The number of benzene rings is 1. The van der Waals surface area contributed by atoms with E-state index in [1.54, 1.807) is 0 Å². The van der Waals surface area contributed by atoms with Crippen LogP contribution in [0.15, 0.2) is 29.3 Å². The summed E-state index contributed by atoms with van der Waals surface area (Å²) in [5.74, 6) is 0.535. The summed E-state index contributed by atoms with van der Waals surface area (Å²) in [7, 11) is 0. The van der Waals surface area contributed by atoms with E-state index < -0.39 is 0 Å². The van der Waals surface area contributed by atoms with Crippen LogP contribution in [0.5, 0.6) is 0 Å². The number of rotatable bonds is 10. The van der Waals surface area contributed by atoms with E-state index in [0.29, 0.717) is 12.5 Å². The average Bonchev–Trinajstić information content (AvgIpc) is 2.65. The molecule has 8 heteroatoms. The first-order valence-electron chi connectivity index (χ1n) is 9.53. The van der Waals surface area contributed by atoms with Crippen molar-refractivity contribution in [2.24, 2.45) is 10.7 Å². The fourth-order valence-corrected chi connectivity index (χ4v) is 3.17. The molecule has 1 aliphatic rings. The number of nitrogens with two attached hydrogens (primary N) is 1. The topological polar surface area (TPSA) is 66.1 Å². The van der Waals surface area contributed by atoms with Crippen LogP contribution in [-0.4, -0.2) is 69.9 Å². The summed E-state index contributed by atoms with van der Waals surface area (Å²) in [5.41, 5.74) is 7.08. The van der Waals surface area contributed by atoms with E-state index in [1.807, 2.05) is 25.1 Å². The first-order chi connectivity index (χ1) is 12.7. The summed E-state index contributed by atoms with van der Waals surface area (Å²) in [6, 6.07) is 8.10. The molecule has 0 aliphatic carbocycles. The van der Waals surface area contributed by atoms with E-state index in [1.165, 1.54) is 5.69 Å². The maximum Gasteiger partial charge on any atom is 0.188 e. The Balaban J connectivity index is 0.00000364. The third-order valence-corrected chi connectivity index (χ3v) is 4.67. The highest BCUT2D eigenvalue weighted by molar-refractivity contribution is 14.0. The maximum absolute atomic E-state index is 6.09. The zero-order valence-corrected chi connectivity index (χ0v) is 19.3. The summed E-state index contributed by atoms with van der Waals surface area (Å²) in [4.78, 5) is 9.20. The Morgan fingerprint density at radius 3 is 2.74 bits per heavy atom. The minimum Gasteiger partial charge on any atom is -0.382 e. The summed E-state index contributed by atoms with van der Waals surface area (Å²) < 4.78 is 5.28. The van der Waals surface area contributed by atoms with Gasteiger partial charge in [-0.3, -0.25) is 9.89 Å². The fourth-order valence-electron chi connectivity index (χ4n) is 2.99. The van der Waals surface area contributed by atoms with Gasteiger partial charge in [0.25, 0.3) is 0 Å². The number of aliphatic imine (C=N–C) groups is 1. The van der Waals surface area contributed by atoms with Gasteiger partial charge in [-0.25, -0.2) is 0 Å². The molecule has 1 saturated heterocycles. The van der Waals surface area contributed by atoms with Crippen LogP contribution in [0.25, 0.3) is 0 Å². The highest BCUT2D eigenvalue weighted by Gasteiger charge is 2.16. The first kappa shape index (κ1) is 24.3. The molecule has 2 rings (SSSR count). The van der Waals surface area contributed by atoms with Crippen LogP contribution in [0.1, 0.15) is 19.8 Å². The number of hydrogen-bond donors (Lipinski definition) is 2. The van der Waals surface area contributed by atoms with Gasteiger partial charge in [-0.05, 0) is 44.5 Å². The van der Waals surface area contributed by atoms with Crippen LogP contribution in [0, 0.1) is 0 Å². The Morgan fingerprint density at radius 1 is 1.26 bits per heavy atom. The lowest BCUT2D eigenvalue weighted by Crippen LogP contribution is -2.47. The van der Waals surface area contributed by atoms with E-state index >= 15 is 0 Å². The SMILES string of the molecule is CCOCCCN=C(N)NCCCN1CCN(c2cccc(Cl)c2)CC1.I. The number of nitrogens with one attached hydrogen (secondary N) is 1.